The van der Waals surface area contributed by atoms with Crippen molar-refractivity contribution in [1.82, 2.24) is 15.1 Å². The van der Waals surface area contributed by atoms with Crippen molar-refractivity contribution >= 4 is 114 Å². The number of rotatable bonds is 2. The van der Waals surface area contributed by atoms with Gasteiger partial charge in [0, 0.05) is 44.5 Å². The minimum Gasteiger partial charge on any atom is -0.467 e. The number of fused-ring (bicyclic) bond motifs is 1. The SMILES string of the molecule is COC(=O)[C@@H]1CCC(=O)N1CC#N.IC(I)I.O=C1NCCN2C(=O)CC[C@@H]12.[CH2-]I.[V]. The number of methoxy groups -OCH3 is 1. The minimum absolute atomic E-state index is 0. The maximum absolute atomic E-state index is 11.2. The molecule has 3 amide bonds. The van der Waals surface area contributed by atoms with E-state index in [1.54, 1.807) is 4.90 Å². The van der Waals surface area contributed by atoms with E-state index in [-0.39, 0.29) is 48.9 Å². The average Bonchev–Trinajstić information content (AvgIpc) is 3.28. The Balaban J connectivity index is 0. The van der Waals surface area contributed by atoms with Gasteiger partial charge in [-0.25, -0.2) is 4.79 Å². The zero-order valence-corrected chi connectivity index (χ0v) is 26.8. The third-order valence-electron chi connectivity index (χ3n) is 4.33. The molecule has 0 spiro atoms. The molecule has 0 aromatic rings. The first-order valence-electron chi connectivity index (χ1n) is 8.73. The normalized spacial score (nSPS) is 21.0. The van der Waals surface area contributed by atoms with E-state index in [1.807, 2.05) is 28.7 Å². The quantitative estimate of drug-likeness (QED) is 0.150. The smallest absolute Gasteiger partial charge is 0.328 e. The van der Waals surface area contributed by atoms with Crippen molar-refractivity contribution in [2.24, 2.45) is 0 Å². The fourth-order valence-corrected chi connectivity index (χ4v) is 3.09. The summed E-state index contributed by atoms with van der Waals surface area (Å²) in [6.45, 7) is 1.26. The number of esters is 1. The topological polar surface area (TPSA) is 120 Å². The van der Waals surface area contributed by atoms with Gasteiger partial charge >= 0.3 is 5.97 Å². The summed E-state index contributed by atoms with van der Waals surface area (Å²) in [5.74, 6) is -0.454. The maximum Gasteiger partial charge on any atom is 0.328 e. The predicted molar refractivity (Wildman–Crippen MR) is 145 cm³/mol. The summed E-state index contributed by atoms with van der Waals surface area (Å²) in [4.78, 5) is 50.7. The van der Waals surface area contributed by atoms with Gasteiger partial charge in [0.15, 0.2) is 0 Å². The van der Waals surface area contributed by atoms with Crippen molar-refractivity contribution in [1.29, 1.82) is 5.26 Å². The summed E-state index contributed by atoms with van der Waals surface area (Å²) in [6, 6.07) is 1.13. The van der Waals surface area contributed by atoms with Gasteiger partial charge in [-0.1, -0.05) is 67.8 Å². The van der Waals surface area contributed by atoms with E-state index < -0.39 is 12.0 Å². The van der Waals surface area contributed by atoms with Crippen LogP contribution in [-0.4, -0.2) is 72.3 Å². The Hall–Kier alpha value is 0.874. The largest absolute Gasteiger partial charge is 0.467 e. The van der Waals surface area contributed by atoms with Crippen LogP contribution in [0.3, 0.4) is 0 Å². The zero-order valence-electron chi connectivity index (χ0n) is 16.7. The number of nitrogens with one attached hydrogen (secondary N) is 1. The van der Waals surface area contributed by atoms with Gasteiger partial charge in [-0.05, 0) is 12.8 Å². The summed E-state index contributed by atoms with van der Waals surface area (Å²) in [5.41, 5.74) is 0. The van der Waals surface area contributed by atoms with Crippen molar-refractivity contribution < 1.29 is 42.5 Å². The van der Waals surface area contributed by atoms with E-state index in [0.29, 0.717) is 38.8 Å². The van der Waals surface area contributed by atoms with E-state index in [2.05, 4.69) is 82.8 Å². The van der Waals surface area contributed by atoms with Crippen molar-refractivity contribution in [2.45, 2.75) is 37.7 Å². The Morgan fingerprint density at radius 3 is 2.26 bits per heavy atom. The van der Waals surface area contributed by atoms with Gasteiger partial charge in [-0.3, -0.25) is 19.3 Å². The van der Waals surface area contributed by atoms with E-state index >= 15 is 0 Å². The van der Waals surface area contributed by atoms with Gasteiger partial charge in [-0.2, -0.15) is 5.26 Å². The third-order valence-corrected chi connectivity index (χ3v) is 4.33. The summed E-state index contributed by atoms with van der Waals surface area (Å²) in [5, 5.41) is 11.2. The first-order valence-corrected chi connectivity index (χ1v) is 14.0. The summed E-state index contributed by atoms with van der Waals surface area (Å²) in [6.07, 6.45) is 2.01. The molecule has 2 atom stereocenters. The first-order chi connectivity index (χ1) is 14.2. The molecular weight excluding hydrogens is 899 g/mol. The molecule has 3 fully saturated rings. The number of alkyl halides is 3. The number of ether oxygens (including phenoxy) is 1. The van der Waals surface area contributed by atoms with Crippen LogP contribution < -0.4 is 5.32 Å². The minimum atomic E-state index is -0.558. The number of nitrogens with zero attached hydrogens (tertiary/aromatic N) is 3. The number of carbonyl (C=O) groups excluding carboxylic acids is 4. The van der Waals surface area contributed by atoms with Crippen LogP contribution in [-0.2, 0) is 42.5 Å². The van der Waals surface area contributed by atoms with Gasteiger partial charge in [0.05, 0.1) is 13.2 Å². The van der Waals surface area contributed by atoms with Crippen molar-refractivity contribution in [3.63, 3.8) is 0 Å². The van der Waals surface area contributed by atoms with Crippen LogP contribution in [0.1, 0.15) is 25.7 Å². The van der Waals surface area contributed by atoms with Crippen LogP contribution in [0.2, 0.25) is 0 Å². The molecule has 14 heteroatoms. The fourth-order valence-electron chi connectivity index (χ4n) is 3.09. The number of piperazine rings is 1. The van der Waals surface area contributed by atoms with Crippen molar-refractivity contribution in [3.8, 4) is 6.07 Å². The zero-order chi connectivity index (χ0) is 23.3. The van der Waals surface area contributed by atoms with Gasteiger partial charge in [0.2, 0.25) is 17.7 Å². The van der Waals surface area contributed by atoms with Crippen molar-refractivity contribution in [3.05, 3.63) is 4.93 Å². The van der Waals surface area contributed by atoms with Gasteiger partial charge in [-0.15, -0.1) is 0 Å². The van der Waals surface area contributed by atoms with E-state index in [1.165, 1.54) is 12.0 Å². The number of amides is 3. The molecule has 9 nitrogen and oxygen atoms in total. The molecule has 0 aromatic heterocycles. The molecule has 1 radical (unpaired) electrons. The van der Waals surface area contributed by atoms with Crippen molar-refractivity contribution in [2.75, 3.05) is 26.7 Å². The Labute approximate surface area is 249 Å². The molecule has 3 heterocycles. The molecule has 3 rings (SSSR count). The molecule has 0 unspecified atom stereocenters. The summed E-state index contributed by atoms with van der Waals surface area (Å²) >= 11 is 8.85. The van der Waals surface area contributed by atoms with Crippen LogP contribution in [0.25, 0.3) is 0 Å². The Kier molecular flexibility index (Phi) is 21.1. The Bertz CT molecular complexity index is 648. The van der Waals surface area contributed by atoms with Crippen LogP contribution >= 0.6 is 90.4 Å². The number of halogens is 4. The molecule has 0 aliphatic carbocycles. The van der Waals surface area contributed by atoms with Crippen LogP contribution in [0.5, 0.6) is 0 Å². The van der Waals surface area contributed by atoms with Crippen LogP contribution in [0.15, 0.2) is 0 Å². The van der Waals surface area contributed by atoms with Gasteiger partial charge in [0.25, 0.3) is 0 Å². The second-order valence-corrected chi connectivity index (χ2v) is 16.8. The van der Waals surface area contributed by atoms with E-state index in [0.717, 1.165) is -0.0619 Å². The molecule has 175 valence electrons. The molecule has 3 saturated heterocycles. The molecule has 3 aliphatic rings. The second kappa shape index (κ2) is 19.2. The van der Waals surface area contributed by atoms with Crippen LogP contribution in [0.4, 0.5) is 0 Å². The molecule has 1 N–H and O–H groups in total. The molecule has 3 aliphatic heterocycles. The summed E-state index contributed by atoms with van der Waals surface area (Å²) in [7, 11) is 1.27. The third kappa shape index (κ3) is 12.2. The first kappa shape index (κ1) is 34.0. The Morgan fingerprint density at radius 1 is 1.23 bits per heavy atom. The molecule has 0 saturated carbocycles. The number of nitriles is 1. The second-order valence-electron chi connectivity index (χ2n) is 5.94. The number of likely N-dealkylation sites (tertiary alicyclic amines) is 1. The number of carbonyl (C=O) groups is 4. The predicted octanol–water partition coefficient (Wildman–Crippen LogP) is 2.57. The van der Waals surface area contributed by atoms with E-state index in [9.17, 15) is 19.2 Å². The molecule has 0 bridgehead atoms. The number of hydrogen-bond acceptors (Lipinski definition) is 6. The molecule has 31 heavy (non-hydrogen) atoms. The maximum atomic E-state index is 11.2. The number of hydrogen-bond donors (Lipinski definition) is 1. The van der Waals surface area contributed by atoms with Gasteiger partial charge < -0.3 is 42.4 Å². The van der Waals surface area contributed by atoms with Gasteiger partial charge in [0.1, 0.15) is 18.6 Å². The van der Waals surface area contributed by atoms with E-state index in [4.69, 9.17) is 5.26 Å². The summed E-state index contributed by atoms with van der Waals surface area (Å²) < 4.78 is 5.26. The monoisotopic (exact) mass is 922 g/mol. The Morgan fingerprint density at radius 2 is 1.77 bits per heavy atom. The van der Waals surface area contributed by atoms with Crippen LogP contribution in [0, 0.1) is 16.3 Å². The fraction of sp³-hybridized carbons (Fsp3) is 0.647. The molecule has 0 aromatic carbocycles. The standard InChI is InChI=1S/C8H10N2O3.C7H10N2O2.CHI3.CH2I.V/c1-13-8(12)6-2-3-7(11)10(6)5-4-9;10-6-2-1-5-7(11)8-3-4-9(5)6;2-1(3)4;1-2;/h6H,2-3,5H2,1H3;5H,1-4H2,(H,8,11);1H;1H2;/q;;;-1;/t6-;5-;;;/m00.../s1. The average molecular weight is 922 g/mol. The molecular formula is C17H23I4N4O5V-.